The molecule has 3 N–H and O–H groups in total. The first kappa shape index (κ1) is 15.7. The number of aliphatic hydroxyl groups excluding tert-OH is 1. The van der Waals surface area contributed by atoms with E-state index in [9.17, 15) is 9.90 Å². The third-order valence-corrected chi connectivity index (χ3v) is 4.10. The van der Waals surface area contributed by atoms with Crippen LogP contribution in [0.2, 0.25) is 4.34 Å². The molecule has 1 aromatic rings. The molecular formula is C11H16Cl2N2O2S. The zero-order valence-corrected chi connectivity index (χ0v) is 12.1. The van der Waals surface area contributed by atoms with E-state index in [0.717, 1.165) is 24.3 Å². The molecule has 1 aromatic heterocycles. The Bertz CT molecular complexity index is 394. The summed E-state index contributed by atoms with van der Waals surface area (Å²) in [7, 11) is 0. The average molecular weight is 311 g/mol. The van der Waals surface area contributed by atoms with Crippen LogP contribution in [0.3, 0.4) is 0 Å². The van der Waals surface area contributed by atoms with Crippen molar-refractivity contribution in [3.8, 4) is 0 Å². The predicted octanol–water partition coefficient (Wildman–Crippen LogP) is 1.72. The summed E-state index contributed by atoms with van der Waals surface area (Å²) in [6.07, 6.45) is 1.21. The van der Waals surface area contributed by atoms with E-state index >= 15 is 0 Å². The molecule has 0 aliphatic carbocycles. The lowest BCUT2D eigenvalue weighted by Crippen LogP contribution is -2.41. The van der Waals surface area contributed by atoms with Gasteiger partial charge in [0.1, 0.15) is 6.10 Å². The summed E-state index contributed by atoms with van der Waals surface area (Å²) in [5.74, 6) is -0.0378. The highest BCUT2D eigenvalue weighted by atomic mass is 35.5. The maximum atomic E-state index is 11.7. The number of amides is 1. The van der Waals surface area contributed by atoms with Crippen molar-refractivity contribution in [1.82, 2.24) is 10.6 Å². The van der Waals surface area contributed by atoms with E-state index in [1.54, 1.807) is 12.1 Å². The predicted molar refractivity (Wildman–Crippen MR) is 75.6 cm³/mol. The van der Waals surface area contributed by atoms with Crippen molar-refractivity contribution in [1.29, 1.82) is 0 Å². The molecule has 0 spiro atoms. The van der Waals surface area contributed by atoms with Crippen LogP contribution < -0.4 is 10.6 Å². The number of carbonyl (C=O) groups excluding carboxylic acids is 1. The Labute approximate surface area is 121 Å². The van der Waals surface area contributed by atoms with Gasteiger partial charge in [-0.3, -0.25) is 4.79 Å². The largest absolute Gasteiger partial charge is 0.386 e. The molecule has 7 heteroatoms. The van der Waals surface area contributed by atoms with E-state index in [2.05, 4.69) is 10.6 Å². The van der Waals surface area contributed by atoms with E-state index in [4.69, 9.17) is 11.6 Å². The summed E-state index contributed by atoms with van der Waals surface area (Å²) in [5.41, 5.74) is 0. The first-order valence-corrected chi connectivity index (χ1v) is 6.80. The number of thiophene rings is 1. The fourth-order valence-corrected chi connectivity index (χ4v) is 2.88. The molecule has 1 fully saturated rings. The Balaban J connectivity index is 0.00000162. The smallest absolute Gasteiger partial charge is 0.237 e. The van der Waals surface area contributed by atoms with Gasteiger partial charge in [-0.05, 0) is 31.5 Å². The molecular weight excluding hydrogens is 295 g/mol. The first-order valence-electron chi connectivity index (χ1n) is 5.61. The van der Waals surface area contributed by atoms with Gasteiger partial charge in [-0.15, -0.1) is 23.7 Å². The quantitative estimate of drug-likeness (QED) is 0.793. The molecule has 0 saturated carbocycles. The highest BCUT2D eigenvalue weighted by Crippen LogP contribution is 2.26. The number of aliphatic hydroxyl groups is 1. The maximum Gasteiger partial charge on any atom is 0.237 e. The van der Waals surface area contributed by atoms with Gasteiger partial charge in [-0.25, -0.2) is 0 Å². The second-order valence-electron chi connectivity index (χ2n) is 4.05. The summed E-state index contributed by atoms with van der Waals surface area (Å²) >= 11 is 7.11. The normalized spacial score (nSPS) is 20.2. The van der Waals surface area contributed by atoms with Crippen molar-refractivity contribution < 1.29 is 9.90 Å². The van der Waals surface area contributed by atoms with Crippen LogP contribution in [0.1, 0.15) is 23.8 Å². The van der Waals surface area contributed by atoms with E-state index < -0.39 is 6.10 Å². The first-order chi connectivity index (χ1) is 8.16. The lowest BCUT2D eigenvalue weighted by Gasteiger charge is -2.13. The Hall–Kier alpha value is -0.330. The molecule has 1 aliphatic rings. The zero-order chi connectivity index (χ0) is 12.3. The zero-order valence-electron chi connectivity index (χ0n) is 9.69. The van der Waals surface area contributed by atoms with Crippen LogP contribution >= 0.6 is 35.3 Å². The summed E-state index contributed by atoms with van der Waals surface area (Å²) in [6.45, 7) is 1.12. The Morgan fingerprint density at radius 2 is 2.44 bits per heavy atom. The highest BCUT2D eigenvalue weighted by Gasteiger charge is 2.22. The van der Waals surface area contributed by atoms with Gasteiger partial charge >= 0.3 is 0 Å². The van der Waals surface area contributed by atoms with Gasteiger partial charge in [0.05, 0.1) is 10.4 Å². The molecule has 0 radical (unpaired) electrons. The van der Waals surface area contributed by atoms with Crippen LogP contribution in [-0.4, -0.2) is 30.1 Å². The van der Waals surface area contributed by atoms with Crippen molar-refractivity contribution in [3.63, 3.8) is 0 Å². The van der Waals surface area contributed by atoms with Gasteiger partial charge in [0.25, 0.3) is 0 Å². The van der Waals surface area contributed by atoms with Gasteiger partial charge in [-0.1, -0.05) is 11.6 Å². The van der Waals surface area contributed by atoms with E-state index in [-0.39, 0.29) is 30.9 Å². The molecule has 1 amide bonds. The minimum Gasteiger partial charge on any atom is -0.386 e. The molecule has 1 aliphatic heterocycles. The van der Waals surface area contributed by atoms with Crippen LogP contribution in [0, 0.1) is 0 Å². The number of hydrogen-bond acceptors (Lipinski definition) is 4. The van der Waals surface area contributed by atoms with Gasteiger partial charge < -0.3 is 15.7 Å². The Kier molecular flexibility index (Phi) is 6.38. The monoisotopic (exact) mass is 310 g/mol. The van der Waals surface area contributed by atoms with E-state index in [1.807, 2.05) is 0 Å². The number of hydrogen-bond donors (Lipinski definition) is 3. The summed E-state index contributed by atoms with van der Waals surface area (Å²) in [4.78, 5) is 12.5. The molecule has 18 heavy (non-hydrogen) atoms. The molecule has 0 bridgehead atoms. The van der Waals surface area contributed by atoms with Crippen LogP contribution in [0.15, 0.2) is 12.1 Å². The fourth-order valence-electron chi connectivity index (χ4n) is 1.84. The van der Waals surface area contributed by atoms with Crippen molar-refractivity contribution >= 4 is 41.3 Å². The summed E-state index contributed by atoms with van der Waals surface area (Å²) < 4.78 is 0.642. The number of carbonyl (C=O) groups is 1. The average Bonchev–Trinajstić information content (AvgIpc) is 2.95. The van der Waals surface area contributed by atoms with Crippen LogP contribution in [0.5, 0.6) is 0 Å². The standard InChI is InChI=1S/C11H15ClN2O2S.ClH/c12-10-4-3-9(17-10)8(15)6-14-11(16)7-2-1-5-13-7;/h3-4,7-8,13,15H,1-2,5-6H2,(H,14,16);1H. The maximum absolute atomic E-state index is 11.7. The third-order valence-electron chi connectivity index (χ3n) is 2.77. The van der Waals surface area contributed by atoms with E-state index in [1.165, 1.54) is 11.3 Å². The van der Waals surface area contributed by atoms with Crippen LogP contribution in [0.4, 0.5) is 0 Å². The lowest BCUT2D eigenvalue weighted by molar-refractivity contribution is -0.123. The number of halogens is 2. The second kappa shape index (κ2) is 7.31. The minimum absolute atomic E-state index is 0. The molecule has 4 nitrogen and oxygen atoms in total. The van der Waals surface area contributed by atoms with Gasteiger partial charge in [0, 0.05) is 11.4 Å². The molecule has 1 saturated heterocycles. The van der Waals surface area contributed by atoms with E-state index in [0.29, 0.717) is 4.34 Å². The number of rotatable bonds is 4. The second-order valence-corrected chi connectivity index (χ2v) is 5.80. The third kappa shape index (κ3) is 4.10. The Morgan fingerprint density at radius 3 is 3.00 bits per heavy atom. The number of nitrogens with one attached hydrogen (secondary N) is 2. The van der Waals surface area contributed by atoms with Crippen molar-refractivity contribution in [2.45, 2.75) is 25.0 Å². The topological polar surface area (TPSA) is 61.4 Å². The lowest BCUT2D eigenvalue weighted by atomic mass is 10.2. The van der Waals surface area contributed by atoms with Crippen LogP contribution in [0.25, 0.3) is 0 Å². The molecule has 102 valence electrons. The fraction of sp³-hybridized carbons (Fsp3) is 0.545. The summed E-state index contributed by atoms with van der Waals surface area (Å²) in [6, 6.07) is 3.41. The summed E-state index contributed by atoms with van der Waals surface area (Å²) in [5, 5.41) is 15.7. The SMILES string of the molecule is Cl.O=C(NCC(O)c1ccc(Cl)s1)C1CCCN1. The molecule has 2 unspecified atom stereocenters. The van der Waals surface area contributed by atoms with Crippen LogP contribution in [-0.2, 0) is 4.79 Å². The van der Waals surface area contributed by atoms with Crippen molar-refractivity contribution in [3.05, 3.63) is 21.3 Å². The Morgan fingerprint density at radius 1 is 1.67 bits per heavy atom. The van der Waals surface area contributed by atoms with Crippen molar-refractivity contribution in [2.24, 2.45) is 0 Å². The van der Waals surface area contributed by atoms with Crippen molar-refractivity contribution in [2.75, 3.05) is 13.1 Å². The molecule has 2 rings (SSSR count). The minimum atomic E-state index is -0.683. The molecule has 0 aromatic carbocycles. The van der Waals surface area contributed by atoms with Gasteiger partial charge in [0.2, 0.25) is 5.91 Å². The molecule has 2 atom stereocenters. The highest BCUT2D eigenvalue weighted by molar-refractivity contribution is 7.16. The molecule has 2 heterocycles. The van der Waals surface area contributed by atoms with Gasteiger partial charge in [-0.2, -0.15) is 0 Å². The van der Waals surface area contributed by atoms with Gasteiger partial charge in [0.15, 0.2) is 0 Å².